The molecule has 0 saturated heterocycles. The summed E-state index contributed by atoms with van der Waals surface area (Å²) in [4.78, 5) is 22.8. The van der Waals surface area contributed by atoms with E-state index in [1.54, 1.807) is 6.07 Å². The number of rotatable bonds is 3. The first kappa shape index (κ1) is 14.2. The van der Waals surface area contributed by atoms with Gasteiger partial charge in [-0.3, -0.25) is 4.79 Å². The van der Waals surface area contributed by atoms with Crippen LogP contribution in [0.5, 0.6) is 11.5 Å². The molecule has 22 heavy (non-hydrogen) atoms. The molecule has 3 aromatic rings. The molecule has 1 heterocycles. The highest BCUT2D eigenvalue weighted by Gasteiger charge is 2.14. The van der Waals surface area contributed by atoms with Crippen LogP contribution in [-0.4, -0.2) is 17.7 Å². The molecule has 1 N–H and O–H groups in total. The van der Waals surface area contributed by atoms with Gasteiger partial charge in [-0.1, -0.05) is 11.6 Å². The molecule has 0 saturated carbocycles. The van der Waals surface area contributed by atoms with Gasteiger partial charge in [-0.15, -0.1) is 0 Å². The fourth-order valence-corrected chi connectivity index (χ4v) is 2.29. The van der Waals surface area contributed by atoms with Crippen LogP contribution in [0.4, 0.5) is 0 Å². The lowest BCUT2D eigenvalue weighted by molar-refractivity contribution is -0.307. The number of carbonyl (C=O) groups is 1. The number of aromatic hydroxyl groups is 1. The van der Waals surface area contributed by atoms with E-state index in [0.29, 0.717) is 5.02 Å². The number of fused-ring (bicyclic) bond motifs is 2. The monoisotopic (exact) mass is 319 g/mol. The molecule has 0 atom stereocenters. The molecule has 112 valence electrons. The van der Waals surface area contributed by atoms with Crippen molar-refractivity contribution in [3.8, 4) is 11.5 Å². The summed E-state index contributed by atoms with van der Waals surface area (Å²) in [6.45, 7) is -0.686. The average Bonchev–Trinajstić information content (AvgIpc) is 2.44. The molecule has 0 unspecified atom stereocenters. The number of phenols is 1. The molecule has 1 aromatic heterocycles. The van der Waals surface area contributed by atoms with Gasteiger partial charge in [0.1, 0.15) is 34.7 Å². The summed E-state index contributed by atoms with van der Waals surface area (Å²) in [6, 6.07) is 6.98. The largest absolute Gasteiger partial charge is 0.546 e. The third-order valence-electron chi connectivity index (χ3n) is 3.05. The molecular weight excluding hydrogens is 312 g/mol. The molecule has 3 rings (SSSR count). The third-order valence-corrected chi connectivity index (χ3v) is 3.28. The summed E-state index contributed by atoms with van der Waals surface area (Å²) < 4.78 is 10.5. The lowest BCUT2D eigenvalue weighted by Gasteiger charge is -2.09. The predicted octanol–water partition coefficient (Wildman–Crippen LogP) is 1.43. The van der Waals surface area contributed by atoms with Gasteiger partial charge in [-0.05, 0) is 12.1 Å². The summed E-state index contributed by atoms with van der Waals surface area (Å²) >= 11 is 5.86. The van der Waals surface area contributed by atoms with E-state index in [1.165, 1.54) is 18.2 Å². The maximum atomic E-state index is 12.4. The van der Waals surface area contributed by atoms with E-state index in [2.05, 4.69) is 0 Å². The molecular formula is C15H8ClO6-. The first-order chi connectivity index (χ1) is 10.5. The Kier molecular flexibility index (Phi) is 3.38. The van der Waals surface area contributed by atoms with Crippen molar-refractivity contribution in [1.82, 2.24) is 0 Å². The Morgan fingerprint density at radius 3 is 2.77 bits per heavy atom. The number of aliphatic carboxylic acids is 1. The third kappa shape index (κ3) is 2.44. The molecule has 7 heteroatoms. The number of carboxylic acid groups (broad SMARTS) is 1. The smallest absolute Gasteiger partial charge is 0.204 e. The van der Waals surface area contributed by atoms with E-state index in [-0.39, 0.29) is 33.4 Å². The highest BCUT2D eigenvalue weighted by Crippen LogP contribution is 2.31. The number of ether oxygens (including phenoxy) is 1. The maximum Gasteiger partial charge on any atom is 0.204 e. The van der Waals surface area contributed by atoms with Crippen LogP contribution >= 0.6 is 11.6 Å². The van der Waals surface area contributed by atoms with Gasteiger partial charge in [0.05, 0.1) is 11.4 Å². The van der Waals surface area contributed by atoms with Gasteiger partial charge in [-0.25, -0.2) is 0 Å². The standard InChI is InChI=1S/C15H9ClO6/c16-7-1-2-9-11(3-7)22-12-5-8(21-6-13(18)19)4-10(17)14(12)15(9)20/h1-5,17H,6H2,(H,18,19)/p-1. The lowest BCUT2D eigenvalue weighted by Crippen LogP contribution is -2.28. The Hall–Kier alpha value is -2.73. The highest BCUT2D eigenvalue weighted by molar-refractivity contribution is 6.31. The van der Waals surface area contributed by atoms with Crippen LogP contribution in [-0.2, 0) is 4.79 Å². The van der Waals surface area contributed by atoms with E-state index in [4.69, 9.17) is 20.8 Å². The summed E-state index contributed by atoms with van der Waals surface area (Å²) in [7, 11) is 0. The van der Waals surface area contributed by atoms with Crippen LogP contribution in [0.25, 0.3) is 21.9 Å². The molecule has 0 aliphatic heterocycles. The van der Waals surface area contributed by atoms with E-state index in [1.807, 2.05) is 0 Å². The fourth-order valence-electron chi connectivity index (χ4n) is 2.13. The Morgan fingerprint density at radius 1 is 1.27 bits per heavy atom. The van der Waals surface area contributed by atoms with Crippen molar-refractivity contribution in [2.24, 2.45) is 0 Å². The van der Waals surface area contributed by atoms with Crippen LogP contribution in [0.2, 0.25) is 5.02 Å². The number of carbonyl (C=O) groups excluding carboxylic acids is 1. The van der Waals surface area contributed by atoms with Gasteiger partial charge in [0.15, 0.2) is 0 Å². The predicted molar refractivity (Wildman–Crippen MR) is 77.2 cm³/mol. The zero-order chi connectivity index (χ0) is 15.9. The molecule has 2 aromatic carbocycles. The van der Waals surface area contributed by atoms with Crippen molar-refractivity contribution < 1.29 is 24.2 Å². The van der Waals surface area contributed by atoms with Crippen LogP contribution in [0.3, 0.4) is 0 Å². The Bertz CT molecular complexity index is 960. The molecule has 0 amide bonds. The molecule has 0 bridgehead atoms. The van der Waals surface area contributed by atoms with Gasteiger partial charge >= 0.3 is 0 Å². The topological polar surface area (TPSA) is 99.8 Å². The Balaban J connectivity index is 2.26. The van der Waals surface area contributed by atoms with Crippen LogP contribution in [0.1, 0.15) is 0 Å². The zero-order valence-corrected chi connectivity index (χ0v) is 11.7. The van der Waals surface area contributed by atoms with Gasteiger partial charge in [-0.2, -0.15) is 0 Å². The van der Waals surface area contributed by atoms with E-state index in [0.717, 1.165) is 6.07 Å². The van der Waals surface area contributed by atoms with Crippen LogP contribution < -0.4 is 15.3 Å². The van der Waals surface area contributed by atoms with Crippen LogP contribution in [0, 0.1) is 0 Å². The average molecular weight is 320 g/mol. The van der Waals surface area contributed by atoms with Crippen LogP contribution in [0.15, 0.2) is 39.5 Å². The minimum absolute atomic E-state index is 0.0179. The van der Waals surface area contributed by atoms with Crippen molar-refractivity contribution in [2.75, 3.05) is 6.61 Å². The second-order valence-electron chi connectivity index (χ2n) is 4.55. The second-order valence-corrected chi connectivity index (χ2v) is 4.98. The molecule has 0 spiro atoms. The number of phenolic OH excluding ortho intramolecular Hbond substituents is 1. The maximum absolute atomic E-state index is 12.4. The van der Waals surface area contributed by atoms with Crippen molar-refractivity contribution >= 4 is 39.5 Å². The van der Waals surface area contributed by atoms with Gasteiger partial charge in [0, 0.05) is 23.2 Å². The number of hydrogen-bond donors (Lipinski definition) is 1. The first-order valence-corrected chi connectivity index (χ1v) is 6.55. The van der Waals surface area contributed by atoms with Gasteiger partial charge in [0.25, 0.3) is 0 Å². The summed E-state index contributed by atoms with van der Waals surface area (Å²) in [6.07, 6.45) is 0. The van der Waals surface area contributed by atoms with Gasteiger partial charge < -0.3 is 24.2 Å². The summed E-state index contributed by atoms with van der Waals surface area (Å²) in [5.74, 6) is -1.73. The summed E-state index contributed by atoms with van der Waals surface area (Å²) in [5, 5.41) is 21.0. The summed E-state index contributed by atoms with van der Waals surface area (Å²) in [5.41, 5.74) is -0.105. The normalized spacial score (nSPS) is 11.0. The van der Waals surface area contributed by atoms with Crippen molar-refractivity contribution in [2.45, 2.75) is 0 Å². The fraction of sp³-hybridized carbons (Fsp3) is 0.0667. The number of halogens is 1. The molecule has 0 fully saturated rings. The SMILES string of the molecule is O=C([O-])COc1cc(O)c2c(=O)c3ccc(Cl)cc3oc2c1. The molecule has 6 nitrogen and oxygen atoms in total. The van der Waals surface area contributed by atoms with E-state index < -0.39 is 18.0 Å². The second kappa shape index (κ2) is 5.23. The number of hydrogen-bond acceptors (Lipinski definition) is 6. The zero-order valence-electron chi connectivity index (χ0n) is 11.0. The molecule has 0 aliphatic rings. The minimum atomic E-state index is -1.41. The Labute approximate surface area is 128 Å². The Morgan fingerprint density at radius 2 is 2.05 bits per heavy atom. The number of carboxylic acids is 1. The quantitative estimate of drug-likeness (QED) is 0.733. The van der Waals surface area contributed by atoms with E-state index >= 15 is 0 Å². The van der Waals surface area contributed by atoms with Crippen molar-refractivity contribution in [3.05, 3.63) is 45.6 Å². The van der Waals surface area contributed by atoms with Crippen molar-refractivity contribution in [3.63, 3.8) is 0 Å². The lowest BCUT2D eigenvalue weighted by atomic mass is 10.1. The highest BCUT2D eigenvalue weighted by atomic mass is 35.5. The van der Waals surface area contributed by atoms with Gasteiger partial charge in [0.2, 0.25) is 5.43 Å². The van der Waals surface area contributed by atoms with E-state index in [9.17, 15) is 19.8 Å². The molecule has 0 radical (unpaired) electrons. The minimum Gasteiger partial charge on any atom is -0.546 e. The van der Waals surface area contributed by atoms with Crippen molar-refractivity contribution in [1.29, 1.82) is 0 Å². The number of benzene rings is 2. The first-order valence-electron chi connectivity index (χ1n) is 6.17. The molecule has 0 aliphatic carbocycles.